The normalized spacial score (nSPS) is 12.6. The maximum Gasteiger partial charge on any atom is 0.161 e. The highest BCUT2D eigenvalue weighted by Crippen LogP contribution is 2.33. The van der Waals surface area contributed by atoms with Gasteiger partial charge in [-0.05, 0) is 46.4 Å². The van der Waals surface area contributed by atoms with E-state index >= 15 is 0 Å². The summed E-state index contributed by atoms with van der Waals surface area (Å²) in [6, 6.07) is 2.25. The van der Waals surface area contributed by atoms with Crippen molar-refractivity contribution in [1.82, 2.24) is 15.1 Å². The lowest BCUT2D eigenvalue weighted by Gasteiger charge is -2.19. The van der Waals surface area contributed by atoms with Crippen molar-refractivity contribution in [2.45, 2.75) is 26.4 Å². The first kappa shape index (κ1) is 14.6. The summed E-state index contributed by atoms with van der Waals surface area (Å²) in [5.41, 5.74) is 2.31. The zero-order valence-corrected chi connectivity index (χ0v) is 13.7. The van der Waals surface area contributed by atoms with Gasteiger partial charge in [0.25, 0.3) is 0 Å². The summed E-state index contributed by atoms with van der Waals surface area (Å²) < 4.78 is 8.57. The van der Waals surface area contributed by atoms with Crippen LogP contribution in [-0.2, 0) is 6.54 Å². The summed E-state index contributed by atoms with van der Waals surface area (Å²) >= 11 is 5.21. The molecule has 0 aliphatic carbocycles. The molecule has 0 aromatic carbocycles. The fraction of sp³-hybridized carbons (Fsp3) is 0.462. The maximum absolute atomic E-state index is 5.45. The molecule has 1 unspecified atom stereocenters. The molecular formula is C13H18BrN3OS. The lowest BCUT2D eigenvalue weighted by Crippen LogP contribution is -2.25. The van der Waals surface area contributed by atoms with E-state index < -0.39 is 0 Å². The lowest BCUT2D eigenvalue weighted by atomic mass is 10.1. The van der Waals surface area contributed by atoms with Crippen LogP contribution in [0.5, 0.6) is 5.75 Å². The van der Waals surface area contributed by atoms with Gasteiger partial charge in [0, 0.05) is 6.54 Å². The molecule has 0 amide bonds. The Morgan fingerprint density at radius 3 is 2.84 bits per heavy atom. The van der Waals surface area contributed by atoms with Gasteiger partial charge in [-0.2, -0.15) is 5.10 Å². The van der Waals surface area contributed by atoms with Gasteiger partial charge in [0.1, 0.15) is 5.69 Å². The van der Waals surface area contributed by atoms with Crippen LogP contribution in [0.25, 0.3) is 0 Å². The van der Waals surface area contributed by atoms with E-state index in [-0.39, 0.29) is 6.04 Å². The van der Waals surface area contributed by atoms with Crippen molar-refractivity contribution in [3.63, 3.8) is 0 Å². The van der Waals surface area contributed by atoms with E-state index in [1.165, 1.54) is 5.56 Å². The van der Waals surface area contributed by atoms with E-state index in [9.17, 15) is 0 Å². The molecule has 0 aliphatic rings. The van der Waals surface area contributed by atoms with Crippen LogP contribution in [0.15, 0.2) is 21.4 Å². The molecule has 0 aliphatic heterocycles. The Morgan fingerprint density at radius 1 is 1.53 bits per heavy atom. The molecule has 0 spiro atoms. The van der Waals surface area contributed by atoms with E-state index in [2.05, 4.69) is 51.6 Å². The first-order chi connectivity index (χ1) is 9.21. The summed E-state index contributed by atoms with van der Waals surface area (Å²) in [5.74, 6) is 0.829. The SMILES string of the molecule is CCNC(c1csc(Br)c1)c1c(OC)cnn1CC. The quantitative estimate of drug-likeness (QED) is 0.873. The number of nitrogens with one attached hydrogen (secondary N) is 1. The number of rotatable bonds is 6. The van der Waals surface area contributed by atoms with E-state index in [0.717, 1.165) is 28.3 Å². The number of methoxy groups -OCH3 is 1. The fourth-order valence-electron chi connectivity index (χ4n) is 2.13. The molecule has 0 saturated carbocycles. The Bertz CT molecular complexity index is 516. The van der Waals surface area contributed by atoms with E-state index in [1.807, 2.05) is 4.68 Å². The van der Waals surface area contributed by atoms with Gasteiger partial charge in [-0.15, -0.1) is 11.3 Å². The second kappa shape index (κ2) is 6.54. The molecule has 0 fully saturated rings. The van der Waals surface area contributed by atoms with Crippen LogP contribution in [0, 0.1) is 0 Å². The Morgan fingerprint density at radius 2 is 2.32 bits per heavy atom. The summed E-state index contributed by atoms with van der Waals surface area (Å²) in [4.78, 5) is 0. The third-order valence-electron chi connectivity index (χ3n) is 2.97. The zero-order valence-electron chi connectivity index (χ0n) is 11.3. The summed E-state index contributed by atoms with van der Waals surface area (Å²) in [5, 5.41) is 10.0. The topological polar surface area (TPSA) is 39.1 Å². The highest BCUT2D eigenvalue weighted by molar-refractivity contribution is 9.11. The predicted octanol–water partition coefficient (Wildman–Crippen LogP) is 3.43. The van der Waals surface area contributed by atoms with Gasteiger partial charge in [-0.1, -0.05) is 6.92 Å². The van der Waals surface area contributed by atoms with Crippen molar-refractivity contribution in [1.29, 1.82) is 0 Å². The number of halogens is 1. The van der Waals surface area contributed by atoms with Gasteiger partial charge in [-0.25, -0.2) is 0 Å². The summed E-state index contributed by atoms with van der Waals surface area (Å²) in [6.07, 6.45) is 1.78. The zero-order chi connectivity index (χ0) is 13.8. The first-order valence-electron chi connectivity index (χ1n) is 6.28. The van der Waals surface area contributed by atoms with Crippen molar-refractivity contribution in [3.05, 3.63) is 32.7 Å². The molecule has 2 aromatic heterocycles. The molecule has 0 saturated heterocycles. The Kier molecular flexibility index (Phi) is 5.01. The third kappa shape index (κ3) is 3.01. The number of aryl methyl sites for hydroxylation is 1. The average Bonchev–Trinajstić information content (AvgIpc) is 3.01. The molecule has 1 N–H and O–H groups in total. The van der Waals surface area contributed by atoms with Crippen LogP contribution >= 0.6 is 27.3 Å². The minimum atomic E-state index is 0.102. The van der Waals surface area contributed by atoms with Crippen LogP contribution < -0.4 is 10.1 Å². The van der Waals surface area contributed by atoms with E-state index in [1.54, 1.807) is 24.6 Å². The van der Waals surface area contributed by atoms with Gasteiger partial charge in [0.15, 0.2) is 5.75 Å². The molecule has 1 atom stereocenters. The fourth-order valence-corrected chi connectivity index (χ4v) is 3.33. The molecular weight excluding hydrogens is 326 g/mol. The van der Waals surface area contributed by atoms with Crippen molar-refractivity contribution < 1.29 is 4.74 Å². The highest BCUT2D eigenvalue weighted by Gasteiger charge is 2.23. The van der Waals surface area contributed by atoms with Crippen molar-refractivity contribution >= 4 is 27.3 Å². The third-order valence-corrected chi connectivity index (χ3v) is 4.49. The maximum atomic E-state index is 5.45. The van der Waals surface area contributed by atoms with Gasteiger partial charge >= 0.3 is 0 Å². The molecule has 2 heterocycles. The summed E-state index contributed by atoms with van der Waals surface area (Å²) in [6.45, 7) is 5.90. The Balaban J connectivity index is 2.46. The van der Waals surface area contributed by atoms with Crippen LogP contribution in [0.2, 0.25) is 0 Å². The smallest absolute Gasteiger partial charge is 0.161 e. The van der Waals surface area contributed by atoms with Gasteiger partial charge in [0.2, 0.25) is 0 Å². The number of hydrogen-bond donors (Lipinski definition) is 1. The minimum absolute atomic E-state index is 0.102. The molecule has 6 heteroatoms. The van der Waals surface area contributed by atoms with Gasteiger partial charge in [-0.3, -0.25) is 4.68 Å². The molecule has 4 nitrogen and oxygen atoms in total. The number of ether oxygens (including phenoxy) is 1. The van der Waals surface area contributed by atoms with Gasteiger partial charge < -0.3 is 10.1 Å². The lowest BCUT2D eigenvalue weighted by molar-refractivity contribution is 0.399. The molecule has 104 valence electrons. The van der Waals surface area contributed by atoms with Crippen molar-refractivity contribution in [2.24, 2.45) is 0 Å². The number of nitrogens with zero attached hydrogens (tertiary/aromatic N) is 2. The van der Waals surface area contributed by atoms with Crippen LogP contribution in [0.4, 0.5) is 0 Å². The number of hydrogen-bond acceptors (Lipinski definition) is 4. The molecule has 0 bridgehead atoms. The molecule has 2 aromatic rings. The predicted molar refractivity (Wildman–Crippen MR) is 82.0 cm³/mol. The summed E-state index contributed by atoms with van der Waals surface area (Å²) in [7, 11) is 1.69. The molecule has 2 rings (SSSR count). The number of thiophene rings is 1. The molecule has 19 heavy (non-hydrogen) atoms. The number of aromatic nitrogens is 2. The second-order valence-corrected chi connectivity index (χ2v) is 6.38. The first-order valence-corrected chi connectivity index (χ1v) is 7.95. The van der Waals surface area contributed by atoms with Crippen LogP contribution in [-0.4, -0.2) is 23.4 Å². The monoisotopic (exact) mass is 343 g/mol. The van der Waals surface area contributed by atoms with Crippen molar-refractivity contribution in [3.8, 4) is 5.75 Å². The van der Waals surface area contributed by atoms with E-state index in [4.69, 9.17) is 4.74 Å². The van der Waals surface area contributed by atoms with Crippen molar-refractivity contribution in [2.75, 3.05) is 13.7 Å². The average molecular weight is 344 g/mol. The second-order valence-electron chi connectivity index (χ2n) is 4.09. The van der Waals surface area contributed by atoms with Crippen LogP contribution in [0.3, 0.4) is 0 Å². The molecule has 0 radical (unpaired) electrons. The van der Waals surface area contributed by atoms with Crippen LogP contribution in [0.1, 0.15) is 31.1 Å². The minimum Gasteiger partial charge on any atom is -0.493 e. The standard InChI is InChI=1S/C13H18BrN3OS/c1-4-15-12(9-6-11(14)19-8-9)13-10(18-3)7-16-17(13)5-2/h6-8,12,15H,4-5H2,1-3H3. The highest BCUT2D eigenvalue weighted by atomic mass is 79.9. The van der Waals surface area contributed by atoms with Gasteiger partial charge in [0.05, 0.1) is 23.1 Å². The van der Waals surface area contributed by atoms with E-state index in [0.29, 0.717) is 0 Å². The Hall–Kier alpha value is -0.850. The largest absolute Gasteiger partial charge is 0.493 e. The Labute approximate surface area is 125 Å².